The fraction of sp³-hybridized carbons (Fsp3) is 0.889. The summed E-state index contributed by atoms with van der Waals surface area (Å²) in [5, 5.41) is 3.34. The molecule has 0 aromatic heterocycles. The van der Waals surface area contributed by atoms with Crippen molar-refractivity contribution in [3.63, 3.8) is 0 Å². The zero-order valence-electron chi connectivity index (χ0n) is 17.0. The number of carbonyl (C=O) groups is 1. The maximum atomic E-state index is 12.6. The molecule has 0 aromatic rings. The van der Waals surface area contributed by atoms with Crippen LogP contribution >= 0.6 is 24.0 Å². The van der Waals surface area contributed by atoms with Crippen molar-refractivity contribution in [1.29, 1.82) is 0 Å². The first-order valence-electron chi connectivity index (χ1n) is 9.72. The average Bonchev–Trinajstić information content (AvgIpc) is 3.21. The molecule has 0 radical (unpaired) electrons. The predicted molar refractivity (Wildman–Crippen MR) is 118 cm³/mol. The number of methoxy groups -OCH3 is 1. The number of halogens is 1. The van der Waals surface area contributed by atoms with Crippen molar-refractivity contribution < 1.29 is 14.3 Å². The van der Waals surface area contributed by atoms with Crippen LogP contribution in [0.4, 0.5) is 0 Å². The number of carbonyl (C=O) groups excluding carboxylic acids is 1. The summed E-state index contributed by atoms with van der Waals surface area (Å²) in [6.45, 7) is 9.98. The molecule has 9 heteroatoms. The quantitative estimate of drug-likeness (QED) is 0.228. The summed E-state index contributed by atoms with van der Waals surface area (Å²) in [7, 11) is 3.47. The number of amides is 1. The van der Waals surface area contributed by atoms with E-state index in [0.29, 0.717) is 19.8 Å². The summed E-state index contributed by atoms with van der Waals surface area (Å²) in [4.78, 5) is 23.5. The van der Waals surface area contributed by atoms with E-state index in [1.807, 2.05) is 11.8 Å². The van der Waals surface area contributed by atoms with Gasteiger partial charge in [0.15, 0.2) is 5.96 Å². The van der Waals surface area contributed by atoms with E-state index in [9.17, 15) is 4.79 Å². The van der Waals surface area contributed by atoms with Crippen LogP contribution in [-0.4, -0.2) is 112 Å². The van der Waals surface area contributed by atoms with Crippen LogP contribution in [0.1, 0.15) is 19.8 Å². The molecule has 8 nitrogen and oxygen atoms in total. The minimum atomic E-state index is -0.0283. The van der Waals surface area contributed by atoms with Crippen LogP contribution in [-0.2, 0) is 14.3 Å². The van der Waals surface area contributed by atoms with E-state index in [4.69, 9.17) is 9.47 Å². The van der Waals surface area contributed by atoms with E-state index in [1.165, 1.54) is 0 Å². The fourth-order valence-electron chi connectivity index (χ4n) is 3.49. The van der Waals surface area contributed by atoms with Gasteiger partial charge < -0.3 is 24.6 Å². The molecule has 2 aliphatic rings. The first kappa shape index (κ1) is 24.4. The molecule has 158 valence electrons. The van der Waals surface area contributed by atoms with Crippen molar-refractivity contribution in [3.05, 3.63) is 0 Å². The van der Waals surface area contributed by atoms with E-state index < -0.39 is 0 Å². The van der Waals surface area contributed by atoms with E-state index >= 15 is 0 Å². The third kappa shape index (κ3) is 7.71. The zero-order valence-corrected chi connectivity index (χ0v) is 19.3. The minimum Gasteiger partial charge on any atom is -0.382 e. The number of nitrogens with one attached hydrogen (secondary N) is 1. The first-order valence-corrected chi connectivity index (χ1v) is 9.72. The molecule has 0 aliphatic carbocycles. The third-order valence-corrected chi connectivity index (χ3v) is 5.11. The summed E-state index contributed by atoms with van der Waals surface area (Å²) in [6.07, 6.45) is 2.28. The molecule has 0 spiro atoms. The van der Waals surface area contributed by atoms with Gasteiger partial charge in [-0.3, -0.25) is 14.7 Å². The Bertz CT molecular complexity index is 452. The highest BCUT2D eigenvalue weighted by molar-refractivity contribution is 14.0. The standard InChI is InChI=1S/C18H35N5O3.HI/c1-16(17(24)22-7-4-5-8-22)21-9-11-23(12-10-21)18(19-2)20-6-13-26-15-14-25-3;/h16H,4-15H2,1-3H3,(H,19,20);1H. The predicted octanol–water partition coefficient (Wildman–Crippen LogP) is 0.471. The maximum absolute atomic E-state index is 12.6. The summed E-state index contributed by atoms with van der Waals surface area (Å²) in [5.74, 6) is 1.19. The number of likely N-dealkylation sites (tertiary alicyclic amines) is 1. The van der Waals surface area contributed by atoms with E-state index in [-0.39, 0.29) is 35.9 Å². The average molecular weight is 497 g/mol. The molecule has 0 bridgehead atoms. The lowest BCUT2D eigenvalue weighted by atomic mass is 10.2. The molecule has 1 atom stereocenters. The summed E-state index contributed by atoms with van der Waals surface area (Å²) in [6, 6.07) is -0.0283. The number of piperazine rings is 1. The monoisotopic (exact) mass is 497 g/mol. The Morgan fingerprint density at radius 1 is 1.04 bits per heavy atom. The van der Waals surface area contributed by atoms with Gasteiger partial charge in [-0.15, -0.1) is 24.0 Å². The lowest BCUT2D eigenvalue weighted by Gasteiger charge is -2.39. The van der Waals surface area contributed by atoms with Gasteiger partial charge >= 0.3 is 0 Å². The molecule has 1 unspecified atom stereocenters. The second-order valence-electron chi connectivity index (χ2n) is 6.81. The molecular weight excluding hydrogens is 461 g/mol. The summed E-state index contributed by atoms with van der Waals surface area (Å²) < 4.78 is 10.4. The second-order valence-corrected chi connectivity index (χ2v) is 6.81. The summed E-state index contributed by atoms with van der Waals surface area (Å²) >= 11 is 0. The largest absolute Gasteiger partial charge is 0.382 e. The second kappa shape index (κ2) is 13.5. The van der Waals surface area contributed by atoms with Gasteiger partial charge in [-0.25, -0.2) is 0 Å². The fourth-order valence-corrected chi connectivity index (χ4v) is 3.49. The molecule has 2 rings (SSSR count). The molecule has 2 heterocycles. The van der Waals surface area contributed by atoms with Crippen LogP contribution in [0.2, 0.25) is 0 Å². The van der Waals surface area contributed by atoms with Crippen LogP contribution in [0.15, 0.2) is 4.99 Å². The van der Waals surface area contributed by atoms with Crippen molar-refractivity contribution in [2.24, 2.45) is 4.99 Å². The van der Waals surface area contributed by atoms with Gasteiger partial charge in [0, 0.05) is 60.0 Å². The van der Waals surface area contributed by atoms with Crippen molar-refractivity contribution in [1.82, 2.24) is 20.0 Å². The Balaban J connectivity index is 0.00000364. The van der Waals surface area contributed by atoms with Gasteiger partial charge in [-0.05, 0) is 19.8 Å². The number of ether oxygens (including phenoxy) is 2. The number of rotatable bonds is 8. The van der Waals surface area contributed by atoms with Gasteiger partial charge in [-0.1, -0.05) is 0 Å². The molecule has 1 amide bonds. The van der Waals surface area contributed by atoms with Gasteiger partial charge in [0.2, 0.25) is 5.91 Å². The van der Waals surface area contributed by atoms with Gasteiger partial charge in [0.05, 0.1) is 25.9 Å². The van der Waals surface area contributed by atoms with Crippen molar-refractivity contribution in [2.75, 3.05) is 79.8 Å². The van der Waals surface area contributed by atoms with Crippen LogP contribution in [0.3, 0.4) is 0 Å². The highest BCUT2D eigenvalue weighted by Crippen LogP contribution is 2.14. The van der Waals surface area contributed by atoms with Crippen LogP contribution in [0, 0.1) is 0 Å². The topological polar surface area (TPSA) is 69.6 Å². The maximum Gasteiger partial charge on any atom is 0.239 e. The molecule has 2 fully saturated rings. The van der Waals surface area contributed by atoms with Crippen molar-refractivity contribution in [3.8, 4) is 0 Å². The molecule has 1 N–H and O–H groups in total. The number of hydrogen-bond acceptors (Lipinski definition) is 5. The van der Waals surface area contributed by atoms with Crippen molar-refractivity contribution in [2.45, 2.75) is 25.8 Å². The lowest BCUT2D eigenvalue weighted by Crippen LogP contribution is -2.57. The zero-order chi connectivity index (χ0) is 18.8. The smallest absolute Gasteiger partial charge is 0.239 e. The lowest BCUT2D eigenvalue weighted by molar-refractivity contribution is -0.135. The Hall–Kier alpha value is -0.650. The van der Waals surface area contributed by atoms with E-state index in [0.717, 1.165) is 64.6 Å². The van der Waals surface area contributed by atoms with Crippen molar-refractivity contribution >= 4 is 35.8 Å². The Morgan fingerprint density at radius 3 is 2.30 bits per heavy atom. The number of guanidine groups is 1. The van der Waals surface area contributed by atoms with Gasteiger partial charge in [-0.2, -0.15) is 0 Å². The number of nitrogens with zero attached hydrogens (tertiary/aromatic N) is 4. The highest BCUT2D eigenvalue weighted by atomic mass is 127. The molecular formula is C18H36IN5O3. The Morgan fingerprint density at radius 2 is 1.70 bits per heavy atom. The molecule has 2 saturated heterocycles. The Labute approximate surface area is 180 Å². The van der Waals surface area contributed by atoms with Gasteiger partial charge in [0.1, 0.15) is 0 Å². The first-order chi connectivity index (χ1) is 12.7. The normalized spacial score (nSPS) is 19.7. The SMILES string of the molecule is CN=C(NCCOCCOC)N1CCN(C(C)C(=O)N2CCCC2)CC1.I. The number of hydrogen-bond donors (Lipinski definition) is 1. The van der Waals surface area contributed by atoms with E-state index in [1.54, 1.807) is 14.2 Å². The molecule has 0 saturated carbocycles. The third-order valence-electron chi connectivity index (χ3n) is 5.11. The van der Waals surface area contributed by atoms with Gasteiger partial charge in [0.25, 0.3) is 0 Å². The molecule has 27 heavy (non-hydrogen) atoms. The van der Waals surface area contributed by atoms with Crippen LogP contribution < -0.4 is 5.32 Å². The van der Waals surface area contributed by atoms with Crippen LogP contribution in [0.25, 0.3) is 0 Å². The summed E-state index contributed by atoms with van der Waals surface area (Å²) in [5.41, 5.74) is 0. The molecule has 2 aliphatic heterocycles. The minimum absolute atomic E-state index is 0. The molecule has 0 aromatic carbocycles. The van der Waals surface area contributed by atoms with E-state index in [2.05, 4.69) is 20.1 Å². The Kier molecular flexibility index (Phi) is 12.2. The number of aliphatic imine (C=N–C) groups is 1. The highest BCUT2D eigenvalue weighted by Gasteiger charge is 2.30. The van der Waals surface area contributed by atoms with Crippen LogP contribution in [0.5, 0.6) is 0 Å².